The number of nitrogens with one attached hydrogen (secondary N) is 1. The fourth-order valence-electron chi connectivity index (χ4n) is 3.11. The van der Waals surface area contributed by atoms with Crippen molar-refractivity contribution in [2.75, 3.05) is 11.9 Å². The number of aryl methyl sites for hydroxylation is 1. The van der Waals surface area contributed by atoms with Gasteiger partial charge in [0.2, 0.25) is 0 Å². The minimum Gasteiger partial charge on any atom is -0.485 e. The van der Waals surface area contributed by atoms with Gasteiger partial charge in [0.1, 0.15) is 13.2 Å². The first kappa shape index (κ1) is 25.3. The van der Waals surface area contributed by atoms with E-state index in [2.05, 4.69) is 18.5 Å². The summed E-state index contributed by atoms with van der Waals surface area (Å²) >= 11 is 0. The van der Waals surface area contributed by atoms with Crippen LogP contribution >= 0.6 is 0 Å². The Bertz CT molecular complexity index is 1200. The van der Waals surface area contributed by atoms with E-state index in [0.717, 1.165) is 23.6 Å². The van der Waals surface area contributed by atoms with Crippen molar-refractivity contribution in [3.05, 3.63) is 121 Å². The fourth-order valence-corrected chi connectivity index (χ4v) is 3.11. The maximum Gasteiger partial charge on any atom is 0.411 e. The molecular formula is C29H28FNO4. The number of amides is 1. The molecule has 3 aromatic carbocycles. The zero-order valence-corrected chi connectivity index (χ0v) is 19.6. The van der Waals surface area contributed by atoms with Gasteiger partial charge in [-0.3, -0.25) is 5.32 Å². The van der Waals surface area contributed by atoms with Gasteiger partial charge in [-0.1, -0.05) is 74.7 Å². The molecule has 0 aliphatic heterocycles. The summed E-state index contributed by atoms with van der Waals surface area (Å²) in [5, 5.41) is 2.49. The van der Waals surface area contributed by atoms with Crippen LogP contribution < -0.4 is 14.8 Å². The van der Waals surface area contributed by atoms with Gasteiger partial charge in [0.05, 0.1) is 0 Å². The molecule has 0 spiro atoms. The lowest BCUT2D eigenvalue weighted by molar-refractivity contribution is 0.172. The summed E-state index contributed by atoms with van der Waals surface area (Å²) in [6.07, 6.45) is 4.91. The number of hydrogen-bond donors (Lipinski definition) is 1. The highest BCUT2D eigenvalue weighted by atomic mass is 19.1. The number of rotatable bonds is 11. The Morgan fingerprint density at radius 1 is 0.971 bits per heavy atom. The molecule has 0 saturated carbocycles. The number of allylic oxidation sites excluding steroid dienone is 2. The van der Waals surface area contributed by atoms with E-state index >= 15 is 0 Å². The van der Waals surface area contributed by atoms with Crippen LogP contribution in [0.15, 0.2) is 104 Å². The number of hydrogen-bond acceptors (Lipinski definition) is 4. The molecule has 0 aromatic heterocycles. The number of benzene rings is 3. The molecule has 6 heteroatoms. The highest BCUT2D eigenvalue weighted by molar-refractivity contribution is 5.84. The predicted octanol–water partition coefficient (Wildman–Crippen LogP) is 7.61. The van der Waals surface area contributed by atoms with Crippen LogP contribution in [0.5, 0.6) is 17.2 Å². The van der Waals surface area contributed by atoms with Crippen molar-refractivity contribution in [3.8, 4) is 17.2 Å². The molecule has 3 aromatic rings. The van der Waals surface area contributed by atoms with Crippen molar-refractivity contribution >= 4 is 11.8 Å². The lowest BCUT2D eigenvalue weighted by atomic mass is 10.1. The first-order chi connectivity index (χ1) is 17.0. The van der Waals surface area contributed by atoms with Gasteiger partial charge >= 0.3 is 6.09 Å². The molecule has 0 aliphatic rings. The van der Waals surface area contributed by atoms with Crippen molar-refractivity contribution < 1.29 is 23.4 Å². The van der Waals surface area contributed by atoms with Crippen LogP contribution in [0.25, 0.3) is 0 Å². The summed E-state index contributed by atoms with van der Waals surface area (Å²) in [5.74, 6) is 0.266. The molecule has 180 valence electrons. The lowest BCUT2D eigenvalue weighted by Crippen LogP contribution is -2.15. The summed E-state index contributed by atoms with van der Waals surface area (Å²) in [6.45, 7) is 9.64. The number of anilines is 1. The SMILES string of the molecule is C=C/C=C(\C=C)COC(=O)Nc1ccc(Oc2ccc(CC)cc2OCc2ccccc2)c(F)c1. The van der Waals surface area contributed by atoms with Crippen molar-refractivity contribution in [2.45, 2.75) is 20.0 Å². The van der Waals surface area contributed by atoms with Crippen LogP contribution in [-0.4, -0.2) is 12.7 Å². The smallest absolute Gasteiger partial charge is 0.411 e. The fraction of sp³-hybridized carbons (Fsp3) is 0.138. The molecule has 0 bridgehead atoms. The highest BCUT2D eigenvalue weighted by Gasteiger charge is 2.13. The first-order valence-electron chi connectivity index (χ1n) is 11.2. The van der Waals surface area contributed by atoms with Crippen LogP contribution in [0.4, 0.5) is 14.9 Å². The quantitative estimate of drug-likeness (QED) is 0.291. The second-order valence-corrected chi connectivity index (χ2v) is 7.54. The van der Waals surface area contributed by atoms with E-state index in [0.29, 0.717) is 23.7 Å². The van der Waals surface area contributed by atoms with E-state index in [1.807, 2.05) is 49.4 Å². The normalized spacial score (nSPS) is 10.9. The van der Waals surface area contributed by atoms with Crippen LogP contribution in [0.2, 0.25) is 0 Å². The standard InChI is InChI=1S/C29H28FNO4/c1-4-10-22(6-3)19-34-29(32)31-24-14-16-26(25(30)18-24)35-27-15-13-21(5-2)17-28(27)33-20-23-11-8-7-9-12-23/h4,6-18H,1,3,5,19-20H2,2H3,(H,31,32)/b22-10+. The number of carbonyl (C=O) groups excluding carboxylic acids is 1. The van der Waals surface area contributed by atoms with Crippen LogP contribution in [0.1, 0.15) is 18.1 Å². The van der Waals surface area contributed by atoms with Crippen molar-refractivity contribution in [1.29, 1.82) is 0 Å². The van der Waals surface area contributed by atoms with Crippen LogP contribution in [-0.2, 0) is 17.8 Å². The van der Waals surface area contributed by atoms with E-state index in [1.165, 1.54) is 12.1 Å². The summed E-state index contributed by atoms with van der Waals surface area (Å²) in [7, 11) is 0. The molecule has 5 nitrogen and oxygen atoms in total. The Hall–Kier alpha value is -4.32. The van der Waals surface area contributed by atoms with Gasteiger partial charge in [-0.15, -0.1) is 0 Å². The maximum absolute atomic E-state index is 14.8. The first-order valence-corrected chi connectivity index (χ1v) is 11.2. The molecular weight excluding hydrogens is 445 g/mol. The molecule has 35 heavy (non-hydrogen) atoms. The Morgan fingerprint density at radius 3 is 2.43 bits per heavy atom. The molecule has 1 amide bonds. The maximum atomic E-state index is 14.8. The molecule has 0 unspecified atom stereocenters. The zero-order valence-electron chi connectivity index (χ0n) is 19.6. The molecule has 3 rings (SSSR count). The molecule has 0 aliphatic carbocycles. The summed E-state index contributed by atoms with van der Waals surface area (Å²) in [6, 6.07) is 19.4. The second-order valence-electron chi connectivity index (χ2n) is 7.54. The predicted molar refractivity (Wildman–Crippen MR) is 137 cm³/mol. The van der Waals surface area contributed by atoms with Crippen LogP contribution in [0.3, 0.4) is 0 Å². The largest absolute Gasteiger partial charge is 0.485 e. The van der Waals surface area contributed by atoms with E-state index in [1.54, 1.807) is 24.3 Å². The van der Waals surface area contributed by atoms with Crippen molar-refractivity contribution in [1.82, 2.24) is 0 Å². The average molecular weight is 474 g/mol. The Balaban J connectivity index is 1.68. The molecule has 0 fully saturated rings. The van der Waals surface area contributed by atoms with Crippen molar-refractivity contribution in [2.24, 2.45) is 0 Å². The van der Waals surface area contributed by atoms with Gasteiger partial charge in [0.15, 0.2) is 23.1 Å². The Morgan fingerprint density at radius 2 is 1.74 bits per heavy atom. The summed E-state index contributed by atoms with van der Waals surface area (Å²) in [5.41, 5.74) is 2.99. The third kappa shape index (κ3) is 7.61. The van der Waals surface area contributed by atoms with Crippen LogP contribution in [0, 0.1) is 5.82 Å². The molecule has 0 heterocycles. The second kappa shape index (κ2) is 12.8. The van der Waals surface area contributed by atoms with Gasteiger partial charge in [-0.05, 0) is 47.4 Å². The summed E-state index contributed by atoms with van der Waals surface area (Å²) in [4.78, 5) is 12.0. The van der Waals surface area contributed by atoms with Gasteiger partial charge in [-0.25, -0.2) is 9.18 Å². The van der Waals surface area contributed by atoms with Gasteiger partial charge in [0, 0.05) is 11.8 Å². The highest BCUT2D eigenvalue weighted by Crippen LogP contribution is 2.35. The van der Waals surface area contributed by atoms with Gasteiger partial charge < -0.3 is 14.2 Å². The average Bonchev–Trinajstić information content (AvgIpc) is 2.88. The Kier molecular flexibility index (Phi) is 9.25. The third-order valence-electron chi connectivity index (χ3n) is 5.02. The monoisotopic (exact) mass is 473 g/mol. The third-order valence-corrected chi connectivity index (χ3v) is 5.02. The summed E-state index contributed by atoms with van der Waals surface area (Å²) < 4.78 is 31.7. The van der Waals surface area contributed by atoms with Gasteiger partial charge in [0.25, 0.3) is 0 Å². The minimum atomic E-state index is -0.721. The van der Waals surface area contributed by atoms with E-state index in [-0.39, 0.29) is 18.0 Å². The number of carbonyl (C=O) groups is 1. The van der Waals surface area contributed by atoms with E-state index < -0.39 is 11.9 Å². The van der Waals surface area contributed by atoms with E-state index in [9.17, 15) is 9.18 Å². The number of halogens is 1. The topological polar surface area (TPSA) is 56.8 Å². The zero-order chi connectivity index (χ0) is 25.0. The lowest BCUT2D eigenvalue weighted by Gasteiger charge is -2.15. The minimum absolute atomic E-state index is 0.000543. The van der Waals surface area contributed by atoms with E-state index in [4.69, 9.17) is 14.2 Å². The molecule has 0 saturated heterocycles. The van der Waals surface area contributed by atoms with Gasteiger partial charge in [-0.2, -0.15) is 0 Å². The number of ether oxygens (including phenoxy) is 3. The Labute approximate surface area is 205 Å². The molecule has 1 N–H and O–H groups in total. The van der Waals surface area contributed by atoms with Crippen molar-refractivity contribution in [3.63, 3.8) is 0 Å². The molecule has 0 atom stereocenters. The molecule has 0 radical (unpaired) electrons.